The largest absolute Gasteiger partial charge is 0.314 e. The molecule has 0 saturated heterocycles. The highest BCUT2D eigenvalue weighted by Crippen LogP contribution is 2.34. The topological polar surface area (TPSA) is 29.9 Å². The zero-order valence-electron chi connectivity index (χ0n) is 10.4. The predicted molar refractivity (Wildman–Crippen MR) is 66.3 cm³/mol. The summed E-state index contributed by atoms with van der Waals surface area (Å²) in [6.07, 6.45) is 8.49. The van der Waals surface area contributed by atoms with Crippen LogP contribution in [0.15, 0.2) is 12.3 Å². The molecule has 2 rings (SSSR count). The van der Waals surface area contributed by atoms with Crippen molar-refractivity contribution in [3.63, 3.8) is 0 Å². The molecule has 1 aliphatic carbocycles. The highest BCUT2D eigenvalue weighted by atomic mass is 15.2. The maximum absolute atomic E-state index is 4.20. The SMILES string of the molecule is CCNC(CCCc1ccnn1C)C1CC1. The van der Waals surface area contributed by atoms with E-state index in [4.69, 9.17) is 0 Å². The van der Waals surface area contributed by atoms with Crippen LogP contribution in [0, 0.1) is 5.92 Å². The van der Waals surface area contributed by atoms with Crippen LogP contribution in [0.5, 0.6) is 0 Å². The van der Waals surface area contributed by atoms with Crippen LogP contribution >= 0.6 is 0 Å². The fourth-order valence-electron chi connectivity index (χ4n) is 2.41. The lowest BCUT2D eigenvalue weighted by Crippen LogP contribution is -2.30. The molecule has 1 aromatic heterocycles. The first-order valence-corrected chi connectivity index (χ1v) is 6.51. The first-order chi connectivity index (χ1) is 7.81. The van der Waals surface area contributed by atoms with Crippen molar-refractivity contribution in [3.05, 3.63) is 18.0 Å². The van der Waals surface area contributed by atoms with E-state index >= 15 is 0 Å². The molecule has 1 fully saturated rings. The van der Waals surface area contributed by atoms with Gasteiger partial charge in [0.2, 0.25) is 0 Å². The van der Waals surface area contributed by atoms with Crippen LogP contribution in [0.25, 0.3) is 0 Å². The van der Waals surface area contributed by atoms with Gasteiger partial charge in [0.15, 0.2) is 0 Å². The molecule has 0 aliphatic heterocycles. The minimum atomic E-state index is 0.762. The third kappa shape index (κ3) is 3.08. The van der Waals surface area contributed by atoms with Crippen molar-refractivity contribution in [3.8, 4) is 0 Å². The Morgan fingerprint density at radius 1 is 1.56 bits per heavy atom. The Balaban J connectivity index is 1.71. The summed E-state index contributed by atoms with van der Waals surface area (Å²) in [4.78, 5) is 0. The molecule has 1 aromatic rings. The zero-order chi connectivity index (χ0) is 11.4. The molecule has 3 heteroatoms. The number of aromatic nitrogens is 2. The van der Waals surface area contributed by atoms with E-state index in [0.29, 0.717) is 0 Å². The molecule has 1 unspecified atom stereocenters. The van der Waals surface area contributed by atoms with Gasteiger partial charge in [-0.3, -0.25) is 4.68 Å². The maximum Gasteiger partial charge on any atom is 0.0492 e. The van der Waals surface area contributed by atoms with E-state index in [-0.39, 0.29) is 0 Å². The third-order valence-electron chi connectivity index (χ3n) is 3.53. The van der Waals surface area contributed by atoms with Gasteiger partial charge in [-0.2, -0.15) is 5.10 Å². The van der Waals surface area contributed by atoms with E-state index in [1.54, 1.807) is 0 Å². The van der Waals surface area contributed by atoms with Crippen molar-refractivity contribution < 1.29 is 0 Å². The van der Waals surface area contributed by atoms with Crippen molar-refractivity contribution in [2.75, 3.05) is 6.54 Å². The van der Waals surface area contributed by atoms with E-state index in [2.05, 4.69) is 23.4 Å². The smallest absolute Gasteiger partial charge is 0.0492 e. The molecule has 0 radical (unpaired) electrons. The highest BCUT2D eigenvalue weighted by Gasteiger charge is 2.29. The van der Waals surface area contributed by atoms with Crippen molar-refractivity contribution in [1.29, 1.82) is 0 Å². The fourth-order valence-corrected chi connectivity index (χ4v) is 2.41. The monoisotopic (exact) mass is 221 g/mol. The molecule has 1 aliphatic rings. The summed E-state index contributed by atoms with van der Waals surface area (Å²) in [5.74, 6) is 0.964. The number of nitrogens with one attached hydrogen (secondary N) is 1. The average molecular weight is 221 g/mol. The maximum atomic E-state index is 4.20. The van der Waals surface area contributed by atoms with Gasteiger partial charge in [-0.1, -0.05) is 6.92 Å². The molecule has 0 spiro atoms. The minimum Gasteiger partial charge on any atom is -0.314 e. The zero-order valence-corrected chi connectivity index (χ0v) is 10.4. The average Bonchev–Trinajstić information content (AvgIpc) is 3.03. The van der Waals surface area contributed by atoms with Crippen molar-refractivity contribution in [2.45, 2.75) is 45.1 Å². The number of nitrogens with zero attached hydrogens (tertiary/aromatic N) is 2. The predicted octanol–water partition coefficient (Wildman–Crippen LogP) is 2.13. The summed E-state index contributed by atoms with van der Waals surface area (Å²) >= 11 is 0. The second kappa shape index (κ2) is 5.48. The lowest BCUT2D eigenvalue weighted by Gasteiger charge is -2.16. The number of hydrogen-bond acceptors (Lipinski definition) is 2. The van der Waals surface area contributed by atoms with E-state index in [9.17, 15) is 0 Å². The molecular formula is C13H23N3. The van der Waals surface area contributed by atoms with Gasteiger partial charge in [0, 0.05) is 25.0 Å². The summed E-state index contributed by atoms with van der Waals surface area (Å²) in [5.41, 5.74) is 1.35. The van der Waals surface area contributed by atoms with Crippen LogP contribution in [-0.2, 0) is 13.5 Å². The molecule has 1 atom stereocenters. The first kappa shape index (κ1) is 11.6. The lowest BCUT2D eigenvalue weighted by atomic mass is 10.0. The van der Waals surface area contributed by atoms with E-state index < -0.39 is 0 Å². The number of aryl methyl sites for hydroxylation is 2. The summed E-state index contributed by atoms with van der Waals surface area (Å²) in [5, 5.41) is 7.82. The quantitative estimate of drug-likeness (QED) is 0.764. The molecule has 3 nitrogen and oxygen atoms in total. The normalized spacial score (nSPS) is 17.6. The Hall–Kier alpha value is -0.830. The standard InChI is InChI=1S/C13H23N3/c1-3-14-13(11-7-8-11)6-4-5-12-9-10-15-16(12)2/h9-11,13-14H,3-8H2,1-2H3. The Kier molecular flexibility index (Phi) is 3.99. The summed E-state index contributed by atoms with van der Waals surface area (Å²) in [7, 11) is 2.03. The third-order valence-corrected chi connectivity index (χ3v) is 3.53. The van der Waals surface area contributed by atoms with Crippen LogP contribution in [0.3, 0.4) is 0 Å². The summed E-state index contributed by atoms with van der Waals surface area (Å²) in [6, 6.07) is 2.89. The fraction of sp³-hybridized carbons (Fsp3) is 0.769. The molecule has 1 N–H and O–H groups in total. The van der Waals surface area contributed by atoms with Crippen molar-refractivity contribution >= 4 is 0 Å². The lowest BCUT2D eigenvalue weighted by molar-refractivity contribution is 0.432. The molecule has 1 saturated carbocycles. The number of hydrogen-bond donors (Lipinski definition) is 1. The molecule has 16 heavy (non-hydrogen) atoms. The van der Waals surface area contributed by atoms with Gasteiger partial charge in [-0.25, -0.2) is 0 Å². The molecule has 0 aromatic carbocycles. The van der Waals surface area contributed by atoms with Gasteiger partial charge in [0.25, 0.3) is 0 Å². The van der Waals surface area contributed by atoms with Crippen molar-refractivity contribution in [2.24, 2.45) is 13.0 Å². The van der Waals surface area contributed by atoms with Gasteiger partial charge in [-0.05, 0) is 50.6 Å². The van der Waals surface area contributed by atoms with Crippen molar-refractivity contribution in [1.82, 2.24) is 15.1 Å². The highest BCUT2D eigenvalue weighted by molar-refractivity contribution is 5.00. The van der Waals surface area contributed by atoms with Crippen LogP contribution in [0.1, 0.15) is 38.3 Å². The van der Waals surface area contributed by atoms with E-state index in [0.717, 1.165) is 24.9 Å². The minimum absolute atomic E-state index is 0.762. The van der Waals surface area contributed by atoms with Gasteiger partial charge in [-0.15, -0.1) is 0 Å². The van der Waals surface area contributed by atoms with E-state index in [1.807, 2.05) is 17.9 Å². The van der Waals surface area contributed by atoms with Gasteiger partial charge < -0.3 is 5.32 Å². The van der Waals surface area contributed by atoms with Crippen LogP contribution < -0.4 is 5.32 Å². The van der Waals surface area contributed by atoms with Crippen LogP contribution in [0.2, 0.25) is 0 Å². The Morgan fingerprint density at radius 2 is 2.38 bits per heavy atom. The first-order valence-electron chi connectivity index (χ1n) is 6.51. The Bertz CT molecular complexity index is 315. The molecule has 90 valence electrons. The van der Waals surface area contributed by atoms with Gasteiger partial charge in [0.1, 0.15) is 0 Å². The van der Waals surface area contributed by atoms with E-state index in [1.165, 1.54) is 31.4 Å². The number of rotatable bonds is 7. The Labute approximate surface area is 98.2 Å². The second-order valence-corrected chi connectivity index (χ2v) is 4.84. The summed E-state index contributed by atoms with van der Waals surface area (Å²) in [6.45, 7) is 3.31. The molecule has 0 amide bonds. The van der Waals surface area contributed by atoms with Gasteiger partial charge in [0.05, 0.1) is 0 Å². The van der Waals surface area contributed by atoms with Crippen LogP contribution in [-0.4, -0.2) is 22.4 Å². The molecule has 0 bridgehead atoms. The Morgan fingerprint density at radius 3 is 2.94 bits per heavy atom. The summed E-state index contributed by atoms with van der Waals surface area (Å²) < 4.78 is 1.99. The second-order valence-electron chi connectivity index (χ2n) is 4.84. The van der Waals surface area contributed by atoms with Gasteiger partial charge >= 0.3 is 0 Å². The molecular weight excluding hydrogens is 198 g/mol. The molecule has 1 heterocycles. The van der Waals surface area contributed by atoms with Crippen LogP contribution in [0.4, 0.5) is 0 Å².